The number of nitrogens with zero attached hydrogens (tertiary/aromatic N) is 1. The number of thiophene rings is 1. The van der Waals surface area contributed by atoms with Gasteiger partial charge in [-0.3, -0.25) is 4.99 Å². The molecule has 0 aliphatic rings. The summed E-state index contributed by atoms with van der Waals surface area (Å²) in [7, 11) is 0. The highest BCUT2D eigenvalue weighted by Crippen LogP contribution is 2.27. The van der Waals surface area contributed by atoms with Crippen molar-refractivity contribution in [2.45, 2.75) is 26.0 Å². The number of aliphatic hydroxyl groups excluding tert-OH is 1. The molecule has 0 radical (unpaired) electrons. The lowest BCUT2D eigenvalue weighted by molar-refractivity contribution is 0.191. The molecule has 0 saturated carbocycles. The number of furan rings is 1. The van der Waals surface area contributed by atoms with Crippen molar-refractivity contribution in [2.24, 2.45) is 4.99 Å². The number of aliphatic hydroxyl groups is 1. The zero-order valence-electron chi connectivity index (χ0n) is 15.1. The minimum Gasteiger partial charge on any atom is -0.459 e. The average molecular weight is 520 g/mol. The first-order valence-electron chi connectivity index (χ1n) is 8.53. The Kier molecular flexibility index (Phi) is 8.40. The molecule has 0 aliphatic heterocycles. The molecule has 0 fully saturated rings. The zero-order chi connectivity index (χ0) is 18.5. The van der Waals surface area contributed by atoms with E-state index < -0.39 is 6.10 Å². The molecule has 27 heavy (non-hydrogen) atoms. The smallest absolute Gasteiger partial charge is 0.191 e. The third kappa shape index (κ3) is 5.84. The van der Waals surface area contributed by atoms with E-state index in [4.69, 9.17) is 16.0 Å². The number of rotatable bonds is 6. The highest BCUT2D eigenvalue weighted by Gasteiger charge is 2.14. The average Bonchev–Trinajstić information content (AvgIpc) is 3.25. The normalized spacial score (nSPS) is 13.9. The molecule has 2 heterocycles. The molecule has 5 nitrogen and oxygen atoms in total. The van der Waals surface area contributed by atoms with Gasteiger partial charge in [-0.05, 0) is 38.1 Å². The Morgan fingerprint density at radius 3 is 2.74 bits per heavy atom. The molecule has 0 aliphatic carbocycles. The number of nitrogens with one attached hydrogen (secondary N) is 2. The summed E-state index contributed by atoms with van der Waals surface area (Å²) in [6.45, 7) is 4.98. The Bertz CT molecular complexity index is 863. The number of hydrogen-bond donors (Lipinski definition) is 3. The maximum absolute atomic E-state index is 10.3. The number of guanidine groups is 1. The standard InChI is InChI=1S/C19H22ClN3O2S.HI/c1-3-21-19(22-11-14(24)17-8-9-18(20)26-17)23-12(2)16-10-13-6-4-5-7-15(13)25-16;/h4-10,12,14,24H,3,11H2,1-2H3,(H2,21,22,23);1H. The van der Waals surface area contributed by atoms with Crippen LogP contribution in [0.5, 0.6) is 0 Å². The summed E-state index contributed by atoms with van der Waals surface area (Å²) in [5, 5.41) is 17.9. The lowest BCUT2D eigenvalue weighted by Gasteiger charge is -2.16. The zero-order valence-corrected chi connectivity index (χ0v) is 19.0. The molecule has 8 heteroatoms. The molecule has 2 unspecified atom stereocenters. The molecule has 3 aromatic rings. The van der Waals surface area contributed by atoms with E-state index in [2.05, 4.69) is 15.6 Å². The maximum Gasteiger partial charge on any atom is 0.191 e. The van der Waals surface area contributed by atoms with Crippen molar-refractivity contribution < 1.29 is 9.52 Å². The summed E-state index contributed by atoms with van der Waals surface area (Å²) < 4.78 is 6.56. The van der Waals surface area contributed by atoms with Crippen LogP contribution in [0.3, 0.4) is 0 Å². The predicted octanol–water partition coefficient (Wildman–Crippen LogP) is 5.12. The molecule has 2 atom stereocenters. The van der Waals surface area contributed by atoms with E-state index in [1.165, 1.54) is 11.3 Å². The minimum atomic E-state index is -0.676. The molecular formula is C19H23ClIN3O2S. The number of fused-ring (bicyclic) bond motifs is 1. The quantitative estimate of drug-likeness (QED) is 0.240. The molecule has 0 bridgehead atoms. The van der Waals surface area contributed by atoms with Crippen LogP contribution in [0, 0.1) is 0 Å². The summed E-state index contributed by atoms with van der Waals surface area (Å²) in [6.07, 6.45) is -0.676. The fourth-order valence-electron chi connectivity index (χ4n) is 2.59. The summed E-state index contributed by atoms with van der Waals surface area (Å²) in [4.78, 5) is 5.29. The van der Waals surface area contributed by atoms with Crippen LogP contribution in [0.15, 0.2) is 51.9 Å². The van der Waals surface area contributed by atoms with Crippen molar-refractivity contribution in [1.29, 1.82) is 0 Å². The van der Waals surface area contributed by atoms with Gasteiger partial charge in [0, 0.05) is 16.8 Å². The van der Waals surface area contributed by atoms with E-state index in [0.29, 0.717) is 10.3 Å². The number of para-hydroxylation sites is 1. The molecule has 0 saturated heterocycles. The van der Waals surface area contributed by atoms with Gasteiger partial charge in [-0.2, -0.15) is 0 Å². The van der Waals surface area contributed by atoms with Crippen LogP contribution in [0.1, 0.15) is 36.6 Å². The summed E-state index contributed by atoms with van der Waals surface area (Å²) in [5.74, 6) is 1.46. The lowest BCUT2D eigenvalue weighted by atomic mass is 10.2. The van der Waals surface area contributed by atoms with Crippen molar-refractivity contribution in [3.8, 4) is 0 Å². The first-order valence-corrected chi connectivity index (χ1v) is 9.73. The Labute approximate surface area is 184 Å². The number of benzene rings is 1. The van der Waals surface area contributed by atoms with Gasteiger partial charge in [0.05, 0.1) is 16.9 Å². The molecule has 146 valence electrons. The van der Waals surface area contributed by atoms with Gasteiger partial charge in [0.2, 0.25) is 0 Å². The van der Waals surface area contributed by atoms with Crippen LogP contribution < -0.4 is 10.6 Å². The maximum atomic E-state index is 10.3. The van der Waals surface area contributed by atoms with E-state index in [1.54, 1.807) is 6.07 Å². The third-order valence-corrected chi connectivity index (χ3v) is 5.25. The van der Waals surface area contributed by atoms with Gasteiger partial charge >= 0.3 is 0 Å². The highest BCUT2D eigenvalue weighted by atomic mass is 127. The summed E-state index contributed by atoms with van der Waals surface area (Å²) in [6, 6.07) is 13.5. The topological polar surface area (TPSA) is 69.8 Å². The van der Waals surface area contributed by atoms with E-state index in [9.17, 15) is 5.11 Å². The Morgan fingerprint density at radius 1 is 1.30 bits per heavy atom. The monoisotopic (exact) mass is 519 g/mol. The largest absolute Gasteiger partial charge is 0.459 e. The van der Waals surface area contributed by atoms with Gasteiger partial charge in [0.25, 0.3) is 0 Å². The fourth-order valence-corrected chi connectivity index (χ4v) is 3.63. The van der Waals surface area contributed by atoms with Crippen molar-refractivity contribution in [2.75, 3.05) is 13.1 Å². The van der Waals surface area contributed by atoms with E-state index in [1.807, 2.05) is 50.2 Å². The van der Waals surface area contributed by atoms with Gasteiger partial charge < -0.3 is 20.2 Å². The lowest BCUT2D eigenvalue weighted by Crippen LogP contribution is -2.39. The van der Waals surface area contributed by atoms with Gasteiger partial charge in [0.1, 0.15) is 17.4 Å². The van der Waals surface area contributed by atoms with Gasteiger partial charge in [0.15, 0.2) is 5.96 Å². The van der Waals surface area contributed by atoms with E-state index in [0.717, 1.165) is 28.2 Å². The minimum absolute atomic E-state index is 0. The summed E-state index contributed by atoms with van der Waals surface area (Å²) >= 11 is 7.29. The first-order chi connectivity index (χ1) is 12.6. The molecule has 0 amide bonds. The fraction of sp³-hybridized carbons (Fsp3) is 0.316. The van der Waals surface area contributed by atoms with Gasteiger partial charge in [-0.15, -0.1) is 35.3 Å². The highest BCUT2D eigenvalue weighted by molar-refractivity contribution is 14.0. The predicted molar refractivity (Wildman–Crippen MR) is 123 cm³/mol. The Morgan fingerprint density at radius 2 is 2.07 bits per heavy atom. The SMILES string of the molecule is CCNC(=NCC(O)c1ccc(Cl)s1)NC(C)c1cc2ccccc2o1.I. The van der Waals surface area contributed by atoms with Gasteiger partial charge in [-0.1, -0.05) is 29.8 Å². The number of aliphatic imine (C=N–C) groups is 1. The molecule has 3 N–H and O–H groups in total. The first kappa shape index (κ1) is 22.0. The molecule has 3 rings (SSSR count). The van der Waals surface area contributed by atoms with Crippen LogP contribution in [-0.4, -0.2) is 24.2 Å². The van der Waals surface area contributed by atoms with E-state index in [-0.39, 0.29) is 36.6 Å². The van der Waals surface area contributed by atoms with Crippen LogP contribution in [0.4, 0.5) is 0 Å². The van der Waals surface area contributed by atoms with Crippen LogP contribution in [0.2, 0.25) is 4.34 Å². The number of halogens is 2. The Hall–Kier alpha value is -1.29. The molecule has 0 spiro atoms. The third-order valence-electron chi connectivity index (χ3n) is 3.91. The van der Waals surface area contributed by atoms with Crippen molar-refractivity contribution in [1.82, 2.24) is 10.6 Å². The van der Waals surface area contributed by atoms with Crippen LogP contribution in [0.25, 0.3) is 11.0 Å². The van der Waals surface area contributed by atoms with Crippen molar-refractivity contribution >= 4 is 63.8 Å². The second kappa shape index (κ2) is 10.3. The molecule has 2 aromatic heterocycles. The van der Waals surface area contributed by atoms with Crippen LogP contribution >= 0.6 is 46.9 Å². The van der Waals surface area contributed by atoms with Crippen molar-refractivity contribution in [3.63, 3.8) is 0 Å². The second-order valence-corrected chi connectivity index (χ2v) is 7.68. The van der Waals surface area contributed by atoms with Gasteiger partial charge in [-0.25, -0.2) is 0 Å². The van der Waals surface area contributed by atoms with Crippen molar-refractivity contribution in [3.05, 3.63) is 57.4 Å². The van der Waals surface area contributed by atoms with E-state index >= 15 is 0 Å². The molecular weight excluding hydrogens is 497 g/mol. The number of hydrogen-bond acceptors (Lipinski definition) is 4. The Balaban J connectivity index is 0.00000261. The summed E-state index contributed by atoms with van der Waals surface area (Å²) in [5.41, 5.74) is 0.864. The van der Waals surface area contributed by atoms with Crippen LogP contribution in [-0.2, 0) is 0 Å². The second-order valence-electron chi connectivity index (χ2n) is 5.93. The molecule has 1 aromatic carbocycles.